The Morgan fingerprint density at radius 3 is 0.627 bits per heavy atom. The van der Waals surface area contributed by atoms with Gasteiger partial charge < -0.3 is 148 Å². The molecule has 30 atom stereocenters. The molecule has 0 aromatic heterocycles. The van der Waals surface area contributed by atoms with Crippen LogP contribution in [0, 0.1) is 0 Å². The van der Waals surface area contributed by atoms with Gasteiger partial charge in [-0.3, -0.25) is 0 Å². The van der Waals surface area contributed by atoms with E-state index in [-0.39, 0.29) is 0 Å². The molecule has 0 aromatic rings. The van der Waals surface area contributed by atoms with E-state index in [1.54, 1.807) is 0 Å². The van der Waals surface area contributed by atoms with Crippen molar-refractivity contribution < 1.29 is 148 Å². The van der Waals surface area contributed by atoms with Crippen LogP contribution in [0.1, 0.15) is 0 Å². The summed E-state index contributed by atoms with van der Waals surface area (Å²) in [6, 6.07) is 0. The maximum atomic E-state index is 11.4. The van der Waals surface area contributed by atoms with Crippen molar-refractivity contribution in [3.63, 3.8) is 0 Å². The Labute approximate surface area is 384 Å². The average Bonchev–Trinajstić information content (AvgIpc) is 3.32. The first-order chi connectivity index (χ1) is 32.0. The highest BCUT2D eigenvalue weighted by Gasteiger charge is 2.59. The van der Waals surface area contributed by atoms with Crippen LogP contribution in [0.2, 0.25) is 0 Å². The van der Waals surface area contributed by atoms with Gasteiger partial charge in [-0.1, -0.05) is 0 Å². The van der Waals surface area contributed by atoms with Gasteiger partial charge in [0.15, 0.2) is 37.7 Å². The van der Waals surface area contributed by atoms with E-state index in [1.807, 2.05) is 0 Å². The van der Waals surface area contributed by atoms with E-state index < -0.39 is 224 Å². The Morgan fingerprint density at radius 1 is 0.254 bits per heavy atom. The van der Waals surface area contributed by atoms with E-state index in [2.05, 4.69) is 12.9 Å². The molecule has 0 radical (unpaired) electrons. The lowest BCUT2D eigenvalue weighted by atomic mass is 9.94. The van der Waals surface area contributed by atoms with Crippen molar-refractivity contribution >= 4 is 12.9 Å². The van der Waals surface area contributed by atoms with Crippen LogP contribution in [-0.4, -0.2) is 311 Å². The van der Waals surface area contributed by atoms with Crippen molar-refractivity contribution in [3.05, 3.63) is 0 Å². The molecule has 0 aromatic carbocycles. The van der Waals surface area contributed by atoms with Crippen LogP contribution in [0.3, 0.4) is 0 Å². The van der Waals surface area contributed by atoms with Gasteiger partial charge in [0.25, 0.3) is 0 Å². The number of hydrogen-bond acceptors (Lipinski definition) is 31. The lowest BCUT2D eigenvalue weighted by Gasteiger charge is -2.50. The molecule has 0 aliphatic carbocycles. The van der Waals surface area contributed by atoms with Crippen molar-refractivity contribution in [2.75, 3.05) is 39.6 Å². The monoisotopic (exact) mass is 1000 g/mol. The minimum Gasteiger partial charge on any atom is -0.394 e. The van der Waals surface area contributed by atoms with E-state index in [1.165, 1.54) is 0 Å². The second-order valence-electron chi connectivity index (χ2n) is 16.9. The number of aliphatic hydroxyl groups is 17. The minimum atomic E-state index is -2.14. The molecule has 0 saturated carbocycles. The topological polar surface area (TPSA) is 464 Å². The first-order valence-electron chi connectivity index (χ1n) is 21.3. The zero-order valence-corrected chi connectivity index (χ0v) is 35.8. The maximum Gasteiger partial charge on any atom is 0.187 e. The summed E-state index contributed by atoms with van der Waals surface area (Å²) in [6.07, 6.45) is -57.3. The van der Waals surface area contributed by atoms with Crippen LogP contribution >= 0.6 is 12.9 Å². The number of aliphatic hydroxyl groups excluding tert-OH is 17. The Morgan fingerprint density at radius 2 is 0.433 bits per heavy atom. The van der Waals surface area contributed by atoms with Crippen LogP contribution in [0.4, 0.5) is 0 Å². The van der Waals surface area contributed by atoms with Crippen LogP contribution < -0.4 is 0 Å². The molecular weight excluding hydrogens is 944 g/mol. The van der Waals surface area contributed by atoms with Crippen LogP contribution in [-0.2, 0) is 61.0 Å². The summed E-state index contributed by atoms with van der Waals surface area (Å²) in [4.78, 5) is 0. The Kier molecular flexibility index (Phi) is 18.5. The predicted molar refractivity (Wildman–Crippen MR) is 204 cm³/mol. The fraction of sp³-hybridized carbons (Fsp3) is 1.00. The molecule has 0 amide bonds. The van der Waals surface area contributed by atoms with Gasteiger partial charge in [0.05, 0.1) is 39.6 Å². The van der Waals surface area contributed by atoms with Crippen LogP contribution in [0.15, 0.2) is 0 Å². The third kappa shape index (κ3) is 10.5. The molecule has 22 saturated heterocycles. The Hall–Kier alpha value is -0.850. The maximum absolute atomic E-state index is 11.4. The van der Waals surface area contributed by atoms with Gasteiger partial charge in [0.1, 0.15) is 146 Å². The van der Waals surface area contributed by atoms with Gasteiger partial charge in [-0.05, 0) is 12.9 Å². The molecule has 0 unspecified atom stereocenters. The van der Waals surface area contributed by atoms with Gasteiger partial charge >= 0.3 is 0 Å². The number of hydrogen-bond donors (Lipinski definition) is 18. The molecule has 390 valence electrons. The highest BCUT2D eigenvalue weighted by molar-refractivity contribution is 7.75. The zero-order valence-electron chi connectivity index (χ0n) is 34.9. The van der Waals surface area contributed by atoms with Crippen molar-refractivity contribution in [1.82, 2.24) is 0 Å². The standard InChI is InChI=1S/C36H60O30S/c37-1-7-24-13(43)18(48)31(54-7)61-25-8(2-38)56-33(20(50)15(25)45)63-27-10(4-40)58-35(22(52)17(27)47)65-29-12(6-42)59-36(23(53)30(29)66-67)64-28-11(5-41)57-34(21(51)16(28)46)62-26-9(3-39)55-32(60-24)19(49)14(26)44/h7-53,67H,1-6H2/t7-,8-,9-,10-,11-,12-,13-,14-,15-,16-,17-,18-,19-,20-,21-,22-,23-,24-,25-,26-,27-,28-,29+,30-,31-,32-,33-,34-,35-,36-/m1/s1. The van der Waals surface area contributed by atoms with Gasteiger partial charge in [0, 0.05) is 0 Å². The second kappa shape index (κ2) is 22.9. The van der Waals surface area contributed by atoms with Crippen LogP contribution in [0.5, 0.6) is 0 Å². The van der Waals surface area contributed by atoms with E-state index >= 15 is 0 Å². The average molecular weight is 1000 g/mol. The molecule has 67 heavy (non-hydrogen) atoms. The fourth-order valence-corrected chi connectivity index (χ4v) is 9.28. The normalized spacial score (nSPS) is 54.7. The molecule has 17 N–H and O–H groups in total. The van der Waals surface area contributed by atoms with Gasteiger partial charge in [0.2, 0.25) is 0 Å². The van der Waals surface area contributed by atoms with E-state index in [9.17, 15) is 86.8 Å². The number of ether oxygens (including phenoxy) is 12. The quantitative estimate of drug-likeness (QED) is 0.0832. The number of rotatable bonds is 7. The second-order valence-corrected chi connectivity index (χ2v) is 17.1. The summed E-state index contributed by atoms with van der Waals surface area (Å²) in [7, 11) is 0. The molecule has 22 aliphatic heterocycles. The number of thiol groups is 1. The molecular formula is C36H60O30S. The SMILES string of the molecule is OC[C@H]1O[C@@H]2O[C@H]3[C@H](O)[C@@H](O)[C@@H](O[C@H]4[C@H](O)[C@@H](O)[C@@H](O[C@H]5[C@H](O)[C@@H](O)[C@@H](O[C@H]6[C@H](O)[C@@H](O)[C@@H](O[C@H]7[C@H](O)[C@@H](O)[C@@H](O[C@@H]1[C@H](OS)[C@H]2O)O[C@@H]7CO)O[C@@H]6CO)O[C@@H]5CO)O[C@@H]4CO)O[C@@H]3CO. The van der Waals surface area contributed by atoms with Gasteiger partial charge in [-0.25, -0.2) is 0 Å². The van der Waals surface area contributed by atoms with E-state index in [0.717, 1.165) is 0 Å². The lowest BCUT2D eigenvalue weighted by Crippen LogP contribution is -2.69. The molecule has 0 spiro atoms. The highest BCUT2D eigenvalue weighted by atomic mass is 32.1. The summed E-state index contributed by atoms with van der Waals surface area (Å²) in [5, 5.41) is 185. The van der Waals surface area contributed by atoms with Crippen molar-refractivity contribution in [2.24, 2.45) is 0 Å². The molecule has 30 nitrogen and oxygen atoms in total. The fourth-order valence-electron chi connectivity index (χ4n) is 9.03. The first kappa shape index (κ1) is 53.9. The van der Waals surface area contributed by atoms with Gasteiger partial charge in [-0.15, -0.1) is 0 Å². The van der Waals surface area contributed by atoms with Crippen molar-refractivity contribution in [3.8, 4) is 0 Å². The third-order valence-corrected chi connectivity index (χ3v) is 13.0. The molecule has 12 bridgehead atoms. The van der Waals surface area contributed by atoms with Crippen LogP contribution in [0.25, 0.3) is 0 Å². The van der Waals surface area contributed by atoms with Gasteiger partial charge in [-0.2, -0.15) is 0 Å². The summed E-state index contributed by atoms with van der Waals surface area (Å²) in [6.45, 7) is -5.89. The summed E-state index contributed by atoms with van der Waals surface area (Å²) in [5.74, 6) is 0. The smallest absolute Gasteiger partial charge is 0.187 e. The third-order valence-electron chi connectivity index (χ3n) is 12.8. The van der Waals surface area contributed by atoms with E-state index in [0.29, 0.717) is 0 Å². The Bertz CT molecular complexity index is 1530. The molecule has 22 fully saturated rings. The molecule has 22 rings (SSSR count). The van der Waals surface area contributed by atoms with E-state index in [4.69, 9.17) is 61.0 Å². The zero-order chi connectivity index (χ0) is 48.8. The molecule has 31 heteroatoms. The predicted octanol–water partition coefficient (Wildman–Crippen LogP) is -12.2. The first-order valence-corrected chi connectivity index (χ1v) is 21.6. The van der Waals surface area contributed by atoms with Crippen molar-refractivity contribution in [1.29, 1.82) is 0 Å². The summed E-state index contributed by atoms with van der Waals surface area (Å²) in [5.41, 5.74) is 0. The van der Waals surface area contributed by atoms with Crippen molar-refractivity contribution in [2.45, 2.75) is 184 Å². The molecule has 22 aliphatic rings. The highest BCUT2D eigenvalue weighted by Crippen LogP contribution is 2.38. The Balaban J connectivity index is 1.20. The summed E-state index contributed by atoms with van der Waals surface area (Å²) >= 11 is 3.81. The lowest BCUT2D eigenvalue weighted by molar-refractivity contribution is -0.403. The molecule has 22 heterocycles. The largest absolute Gasteiger partial charge is 0.394 e. The minimum absolute atomic E-state index is 0.947. The summed E-state index contributed by atoms with van der Waals surface area (Å²) < 4.78 is 73.7.